The molecule has 0 radical (unpaired) electrons. The van der Waals surface area contributed by atoms with E-state index in [9.17, 15) is 13.2 Å². The van der Waals surface area contributed by atoms with Crippen molar-refractivity contribution in [2.75, 3.05) is 20.2 Å². The number of amides is 2. The highest BCUT2D eigenvalue weighted by molar-refractivity contribution is 7.92. The SMILES string of the molecule is COc1ccc(CNC(=O)N2CC[C@@H](S(=O)(=O)c3ccc(Cl)cc3)C2)cc1. The maximum atomic E-state index is 12.7. The summed E-state index contributed by atoms with van der Waals surface area (Å²) in [6.45, 7) is 0.958. The van der Waals surface area contributed by atoms with Crippen LogP contribution in [-0.2, 0) is 16.4 Å². The first kappa shape index (κ1) is 19.5. The first-order valence-electron chi connectivity index (χ1n) is 8.55. The smallest absolute Gasteiger partial charge is 0.317 e. The second-order valence-electron chi connectivity index (χ2n) is 6.36. The number of nitrogens with one attached hydrogen (secondary N) is 1. The number of sulfone groups is 1. The summed E-state index contributed by atoms with van der Waals surface area (Å²) >= 11 is 5.83. The monoisotopic (exact) mass is 408 g/mol. The average molecular weight is 409 g/mol. The van der Waals surface area contributed by atoms with Crippen LogP contribution in [0.2, 0.25) is 5.02 Å². The fraction of sp³-hybridized carbons (Fsp3) is 0.316. The van der Waals surface area contributed by atoms with Crippen molar-refractivity contribution in [3.8, 4) is 5.75 Å². The average Bonchev–Trinajstić information content (AvgIpc) is 3.18. The highest BCUT2D eigenvalue weighted by Crippen LogP contribution is 2.25. The molecule has 0 aliphatic carbocycles. The fourth-order valence-corrected chi connectivity index (χ4v) is 4.83. The van der Waals surface area contributed by atoms with Gasteiger partial charge in [-0.25, -0.2) is 13.2 Å². The second kappa shape index (κ2) is 8.19. The van der Waals surface area contributed by atoms with Crippen LogP contribution in [0.5, 0.6) is 5.75 Å². The molecule has 1 atom stereocenters. The van der Waals surface area contributed by atoms with Gasteiger partial charge in [-0.05, 0) is 48.4 Å². The van der Waals surface area contributed by atoms with E-state index in [1.165, 1.54) is 12.1 Å². The zero-order valence-electron chi connectivity index (χ0n) is 14.9. The number of carbonyl (C=O) groups excluding carboxylic acids is 1. The summed E-state index contributed by atoms with van der Waals surface area (Å²) in [7, 11) is -1.90. The zero-order chi connectivity index (χ0) is 19.4. The summed E-state index contributed by atoms with van der Waals surface area (Å²) in [5.74, 6) is 0.750. The number of halogens is 1. The van der Waals surface area contributed by atoms with Crippen LogP contribution in [0.1, 0.15) is 12.0 Å². The summed E-state index contributed by atoms with van der Waals surface area (Å²) in [5.41, 5.74) is 0.939. The molecule has 1 fully saturated rings. The molecule has 1 aliphatic rings. The van der Waals surface area contributed by atoms with Crippen molar-refractivity contribution in [1.82, 2.24) is 10.2 Å². The van der Waals surface area contributed by atoms with Gasteiger partial charge in [-0.2, -0.15) is 0 Å². The summed E-state index contributed by atoms with van der Waals surface area (Å²) in [4.78, 5) is 14.2. The lowest BCUT2D eigenvalue weighted by Gasteiger charge is -2.18. The van der Waals surface area contributed by atoms with Gasteiger partial charge in [0.05, 0.1) is 17.3 Å². The van der Waals surface area contributed by atoms with Gasteiger partial charge in [0.1, 0.15) is 5.75 Å². The molecule has 3 rings (SSSR count). The number of nitrogens with zero attached hydrogens (tertiary/aromatic N) is 1. The van der Waals surface area contributed by atoms with E-state index < -0.39 is 15.1 Å². The van der Waals surface area contributed by atoms with Crippen molar-refractivity contribution in [2.24, 2.45) is 0 Å². The van der Waals surface area contributed by atoms with E-state index in [2.05, 4.69) is 5.32 Å². The Morgan fingerprint density at radius 2 is 1.85 bits per heavy atom. The van der Waals surface area contributed by atoms with Crippen LogP contribution in [0, 0.1) is 0 Å². The molecular weight excluding hydrogens is 388 g/mol. The van der Waals surface area contributed by atoms with Gasteiger partial charge in [-0.1, -0.05) is 23.7 Å². The third-order valence-electron chi connectivity index (χ3n) is 4.62. The fourth-order valence-electron chi connectivity index (χ4n) is 3.02. The lowest BCUT2D eigenvalue weighted by atomic mass is 10.2. The molecular formula is C19H21ClN2O4S. The summed E-state index contributed by atoms with van der Waals surface area (Å²) in [6.07, 6.45) is 0.418. The Kier molecular flexibility index (Phi) is 5.92. The Bertz CT molecular complexity index is 898. The number of hydrogen-bond donors (Lipinski definition) is 1. The molecule has 2 aromatic carbocycles. The van der Waals surface area contributed by atoms with Crippen LogP contribution in [-0.4, -0.2) is 44.8 Å². The zero-order valence-corrected chi connectivity index (χ0v) is 16.5. The predicted octanol–water partition coefficient (Wildman–Crippen LogP) is 3.11. The molecule has 1 saturated heterocycles. The van der Waals surface area contributed by atoms with Gasteiger partial charge in [0.25, 0.3) is 0 Å². The van der Waals surface area contributed by atoms with E-state index >= 15 is 0 Å². The van der Waals surface area contributed by atoms with Crippen molar-refractivity contribution >= 4 is 27.5 Å². The number of benzene rings is 2. The van der Waals surface area contributed by atoms with Gasteiger partial charge in [0.2, 0.25) is 0 Å². The molecule has 2 aromatic rings. The lowest BCUT2D eigenvalue weighted by molar-refractivity contribution is 0.208. The number of ether oxygens (including phenoxy) is 1. The quantitative estimate of drug-likeness (QED) is 0.824. The number of urea groups is 1. The van der Waals surface area contributed by atoms with Gasteiger partial charge >= 0.3 is 6.03 Å². The van der Waals surface area contributed by atoms with Gasteiger partial charge in [0.15, 0.2) is 9.84 Å². The molecule has 1 N–H and O–H groups in total. The molecule has 0 aromatic heterocycles. The minimum atomic E-state index is -3.49. The Morgan fingerprint density at radius 1 is 1.19 bits per heavy atom. The third kappa shape index (κ3) is 4.54. The van der Waals surface area contributed by atoms with Crippen molar-refractivity contribution in [3.63, 3.8) is 0 Å². The minimum Gasteiger partial charge on any atom is -0.497 e. The highest BCUT2D eigenvalue weighted by atomic mass is 35.5. The molecule has 6 nitrogen and oxygen atoms in total. The molecule has 0 bridgehead atoms. The summed E-state index contributed by atoms with van der Waals surface area (Å²) in [6, 6.07) is 13.3. The molecule has 8 heteroatoms. The van der Waals surface area contributed by atoms with Gasteiger partial charge < -0.3 is 15.0 Å². The Balaban J connectivity index is 1.58. The Labute approximate surface area is 164 Å². The largest absolute Gasteiger partial charge is 0.497 e. The normalized spacial score (nSPS) is 17.0. The van der Waals surface area contributed by atoms with E-state index in [1.54, 1.807) is 24.1 Å². The molecule has 0 saturated carbocycles. The van der Waals surface area contributed by atoms with E-state index in [0.29, 0.717) is 24.5 Å². The van der Waals surface area contributed by atoms with Gasteiger partial charge in [-0.3, -0.25) is 0 Å². The second-order valence-corrected chi connectivity index (χ2v) is 9.03. The maximum Gasteiger partial charge on any atom is 0.317 e. The first-order chi connectivity index (χ1) is 12.9. The van der Waals surface area contributed by atoms with E-state index in [-0.39, 0.29) is 17.5 Å². The van der Waals surface area contributed by atoms with Crippen molar-refractivity contribution in [3.05, 3.63) is 59.1 Å². The van der Waals surface area contributed by atoms with E-state index in [4.69, 9.17) is 16.3 Å². The summed E-state index contributed by atoms with van der Waals surface area (Å²) in [5, 5.41) is 2.71. The van der Waals surface area contributed by atoms with Crippen LogP contribution in [0.4, 0.5) is 4.79 Å². The molecule has 27 heavy (non-hydrogen) atoms. The van der Waals surface area contributed by atoms with Crippen LogP contribution >= 0.6 is 11.6 Å². The third-order valence-corrected chi connectivity index (χ3v) is 7.06. The van der Waals surface area contributed by atoms with Crippen LogP contribution in [0.15, 0.2) is 53.4 Å². The van der Waals surface area contributed by atoms with E-state index in [0.717, 1.165) is 11.3 Å². The van der Waals surface area contributed by atoms with Crippen molar-refractivity contribution in [2.45, 2.75) is 23.1 Å². The van der Waals surface area contributed by atoms with Crippen LogP contribution in [0.25, 0.3) is 0 Å². The lowest BCUT2D eigenvalue weighted by Crippen LogP contribution is -2.39. The number of methoxy groups -OCH3 is 1. The van der Waals surface area contributed by atoms with Crippen LogP contribution < -0.4 is 10.1 Å². The number of likely N-dealkylation sites (tertiary alicyclic amines) is 1. The molecule has 1 aliphatic heterocycles. The topological polar surface area (TPSA) is 75.7 Å². The van der Waals surface area contributed by atoms with Crippen molar-refractivity contribution < 1.29 is 17.9 Å². The molecule has 0 spiro atoms. The first-order valence-corrected chi connectivity index (χ1v) is 10.5. The Morgan fingerprint density at radius 3 is 2.48 bits per heavy atom. The molecule has 144 valence electrons. The maximum absolute atomic E-state index is 12.7. The van der Waals surface area contributed by atoms with Crippen molar-refractivity contribution in [1.29, 1.82) is 0 Å². The van der Waals surface area contributed by atoms with E-state index in [1.807, 2.05) is 24.3 Å². The minimum absolute atomic E-state index is 0.180. The molecule has 2 amide bonds. The molecule has 1 heterocycles. The number of hydrogen-bond acceptors (Lipinski definition) is 4. The Hall–Kier alpha value is -2.25. The van der Waals surface area contributed by atoms with Crippen LogP contribution in [0.3, 0.4) is 0 Å². The highest BCUT2D eigenvalue weighted by Gasteiger charge is 2.36. The summed E-state index contributed by atoms with van der Waals surface area (Å²) < 4.78 is 30.6. The van der Waals surface area contributed by atoms with Gasteiger partial charge in [-0.15, -0.1) is 0 Å². The number of carbonyl (C=O) groups is 1. The molecule has 0 unspecified atom stereocenters. The van der Waals surface area contributed by atoms with Gasteiger partial charge in [0, 0.05) is 24.7 Å². The number of rotatable bonds is 5. The predicted molar refractivity (Wildman–Crippen MR) is 104 cm³/mol. The standard InChI is InChI=1S/C19H21ClN2O4S/c1-26-16-6-2-14(3-7-16)12-21-19(23)22-11-10-18(13-22)27(24,25)17-8-4-15(20)5-9-17/h2-9,18H,10-13H2,1H3,(H,21,23)/t18-/m1/s1.